The van der Waals surface area contributed by atoms with Gasteiger partial charge in [0.25, 0.3) is 0 Å². The second-order valence-electron chi connectivity index (χ2n) is 7.34. The first-order valence-electron chi connectivity index (χ1n) is 9.32. The summed E-state index contributed by atoms with van der Waals surface area (Å²) in [6.45, 7) is 4.11. The Kier molecular flexibility index (Phi) is 3.72. The molecule has 0 bridgehead atoms. The molecule has 0 aliphatic heterocycles. The third kappa shape index (κ3) is 2.61. The number of hydrogen-bond acceptors (Lipinski definition) is 1. The van der Waals surface area contributed by atoms with Gasteiger partial charge in [-0.2, -0.15) is 13.2 Å². The molecule has 0 aliphatic rings. The maximum atomic E-state index is 13.3. The van der Waals surface area contributed by atoms with E-state index in [1.165, 1.54) is 12.1 Å². The molecule has 0 N–H and O–H groups in total. The summed E-state index contributed by atoms with van der Waals surface area (Å²) >= 11 is 0. The number of nitrogens with zero attached hydrogens (tertiary/aromatic N) is 2. The van der Waals surface area contributed by atoms with Gasteiger partial charge in [-0.3, -0.25) is 4.40 Å². The Morgan fingerprint density at radius 3 is 2.24 bits per heavy atom. The Bertz CT molecular complexity index is 1390. The maximum absolute atomic E-state index is 13.3. The number of aromatic nitrogens is 2. The van der Waals surface area contributed by atoms with Crippen LogP contribution in [0, 0.1) is 13.8 Å². The summed E-state index contributed by atoms with van der Waals surface area (Å²) in [6, 6.07) is 17.6. The molecule has 144 valence electrons. The minimum atomic E-state index is -4.39. The second-order valence-corrected chi connectivity index (χ2v) is 7.34. The standard InChI is InChI=1S/C24H17F3N2/c1-14-6-5-7-15(2)22(14)21-13-28-23-18-11-10-16(24(25,26)27)12-19(18)17-8-3-4-9-20(17)29(21)23/h3-13H,1-2H3. The van der Waals surface area contributed by atoms with Gasteiger partial charge in [-0.05, 0) is 48.6 Å². The van der Waals surface area contributed by atoms with E-state index in [1.807, 2.05) is 36.5 Å². The highest BCUT2D eigenvalue weighted by atomic mass is 19.4. The molecule has 5 heteroatoms. The van der Waals surface area contributed by atoms with Gasteiger partial charge in [-0.25, -0.2) is 4.98 Å². The molecule has 2 aromatic heterocycles. The zero-order chi connectivity index (χ0) is 20.3. The predicted molar refractivity (Wildman–Crippen MR) is 110 cm³/mol. The van der Waals surface area contributed by atoms with Crippen LogP contribution in [0.1, 0.15) is 16.7 Å². The van der Waals surface area contributed by atoms with Crippen LogP contribution in [0.4, 0.5) is 13.2 Å². The van der Waals surface area contributed by atoms with Crippen molar-refractivity contribution in [2.24, 2.45) is 0 Å². The Hall–Kier alpha value is -3.34. The molecular formula is C24H17F3N2. The third-order valence-corrected chi connectivity index (χ3v) is 5.52. The molecule has 5 rings (SSSR count). The van der Waals surface area contributed by atoms with E-state index in [-0.39, 0.29) is 0 Å². The van der Waals surface area contributed by atoms with Crippen molar-refractivity contribution in [1.29, 1.82) is 0 Å². The van der Waals surface area contributed by atoms with Crippen LogP contribution < -0.4 is 0 Å². The summed E-state index contributed by atoms with van der Waals surface area (Å²) in [4.78, 5) is 4.63. The zero-order valence-corrected chi connectivity index (χ0v) is 15.9. The van der Waals surface area contributed by atoms with Crippen LogP contribution in [0.15, 0.2) is 66.9 Å². The normalized spacial score (nSPS) is 12.3. The van der Waals surface area contributed by atoms with Crippen LogP contribution in [0.25, 0.3) is 38.6 Å². The molecule has 0 saturated heterocycles. The van der Waals surface area contributed by atoms with Crippen molar-refractivity contribution in [2.75, 3.05) is 0 Å². The third-order valence-electron chi connectivity index (χ3n) is 5.52. The molecule has 2 nitrogen and oxygen atoms in total. The molecule has 0 fully saturated rings. The van der Waals surface area contributed by atoms with Crippen LogP contribution in [0.5, 0.6) is 0 Å². The molecule has 0 spiro atoms. The van der Waals surface area contributed by atoms with Gasteiger partial charge in [0.2, 0.25) is 0 Å². The highest BCUT2D eigenvalue weighted by Crippen LogP contribution is 2.38. The summed E-state index contributed by atoms with van der Waals surface area (Å²) in [7, 11) is 0. The van der Waals surface area contributed by atoms with Crippen LogP contribution in [-0.4, -0.2) is 9.38 Å². The number of halogens is 3. The molecule has 0 unspecified atom stereocenters. The van der Waals surface area contributed by atoms with Crippen molar-refractivity contribution in [3.05, 3.63) is 83.6 Å². The van der Waals surface area contributed by atoms with Gasteiger partial charge in [-0.15, -0.1) is 0 Å². The molecule has 0 saturated carbocycles. The van der Waals surface area contributed by atoms with E-state index in [1.54, 1.807) is 0 Å². The lowest BCUT2D eigenvalue weighted by molar-refractivity contribution is -0.137. The number of hydrogen-bond donors (Lipinski definition) is 0. The topological polar surface area (TPSA) is 17.3 Å². The van der Waals surface area contributed by atoms with Gasteiger partial charge in [0.1, 0.15) is 5.65 Å². The van der Waals surface area contributed by atoms with Crippen molar-refractivity contribution in [2.45, 2.75) is 20.0 Å². The number of imidazole rings is 1. The molecule has 0 aliphatic carbocycles. The number of fused-ring (bicyclic) bond motifs is 6. The number of para-hydroxylation sites is 1. The summed E-state index contributed by atoms with van der Waals surface area (Å²) in [5.41, 5.74) is 5.13. The molecule has 5 aromatic rings. The fraction of sp³-hybridized carbons (Fsp3) is 0.125. The van der Waals surface area contributed by atoms with E-state index in [0.29, 0.717) is 16.4 Å². The number of alkyl halides is 3. The summed E-state index contributed by atoms with van der Waals surface area (Å²) in [5, 5.41) is 2.03. The maximum Gasteiger partial charge on any atom is 0.416 e. The minimum absolute atomic E-state index is 0.557. The molecule has 0 radical (unpaired) electrons. The Balaban J connectivity index is 1.97. The average molecular weight is 390 g/mol. The van der Waals surface area contributed by atoms with Gasteiger partial charge in [-0.1, -0.05) is 42.5 Å². The smallest absolute Gasteiger partial charge is 0.292 e. The number of pyridine rings is 1. The zero-order valence-electron chi connectivity index (χ0n) is 15.9. The number of rotatable bonds is 1. The number of aryl methyl sites for hydroxylation is 2. The monoisotopic (exact) mass is 390 g/mol. The Labute approximate surface area is 165 Å². The molecule has 2 heterocycles. The van der Waals surface area contributed by atoms with E-state index >= 15 is 0 Å². The van der Waals surface area contributed by atoms with Gasteiger partial charge in [0.15, 0.2) is 0 Å². The van der Waals surface area contributed by atoms with E-state index in [0.717, 1.165) is 39.4 Å². The Morgan fingerprint density at radius 2 is 1.52 bits per heavy atom. The fourth-order valence-electron chi connectivity index (χ4n) is 4.22. The Morgan fingerprint density at radius 1 is 0.793 bits per heavy atom. The molecule has 0 amide bonds. The van der Waals surface area contributed by atoms with Gasteiger partial charge in [0, 0.05) is 16.3 Å². The van der Waals surface area contributed by atoms with Crippen LogP contribution in [0.3, 0.4) is 0 Å². The predicted octanol–water partition coefficient (Wildman–Crippen LogP) is 6.94. The summed E-state index contributed by atoms with van der Waals surface area (Å²) in [5.74, 6) is 0. The van der Waals surface area contributed by atoms with Gasteiger partial charge in [0.05, 0.1) is 23.0 Å². The molecule has 0 atom stereocenters. The molecular weight excluding hydrogens is 373 g/mol. The van der Waals surface area contributed by atoms with E-state index in [2.05, 4.69) is 35.4 Å². The SMILES string of the molecule is Cc1cccc(C)c1-c1cnc2c3ccc(C(F)(F)F)cc3c3ccccc3n12. The van der Waals surface area contributed by atoms with Gasteiger partial charge < -0.3 is 0 Å². The number of benzene rings is 3. The minimum Gasteiger partial charge on any atom is -0.292 e. The first kappa shape index (κ1) is 17.7. The van der Waals surface area contributed by atoms with E-state index in [9.17, 15) is 13.2 Å². The lowest BCUT2D eigenvalue weighted by atomic mass is 9.99. The first-order chi connectivity index (χ1) is 13.9. The van der Waals surface area contributed by atoms with Crippen LogP contribution in [-0.2, 0) is 6.18 Å². The first-order valence-corrected chi connectivity index (χ1v) is 9.32. The van der Waals surface area contributed by atoms with Crippen LogP contribution >= 0.6 is 0 Å². The summed E-state index contributed by atoms with van der Waals surface area (Å²) < 4.78 is 42.0. The fourth-order valence-corrected chi connectivity index (χ4v) is 4.22. The highest BCUT2D eigenvalue weighted by Gasteiger charge is 2.31. The van der Waals surface area contributed by atoms with Gasteiger partial charge >= 0.3 is 6.18 Å². The van der Waals surface area contributed by atoms with E-state index in [4.69, 9.17) is 0 Å². The molecule has 3 aromatic carbocycles. The van der Waals surface area contributed by atoms with Crippen molar-refractivity contribution >= 4 is 27.3 Å². The molecule has 29 heavy (non-hydrogen) atoms. The summed E-state index contributed by atoms with van der Waals surface area (Å²) in [6.07, 6.45) is -2.57. The highest BCUT2D eigenvalue weighted by molar-refractivity contribution is 6.12. The van der Waals surface area contributed by atoms with Crippen molar-refractivity contribution < 1.29 is 13.2 Å². The van der Waals surface area contributed by atoms with E-state index < -0.39 is 11.7 Å². The lowest BCUT2D eigenvalue weighted by Gasteiger charge is -2.14. The van der Waals surface area contributed by atoms with Crippen LogP contribution in [0.2, 0.25) is 0 Å². The lowest BCUT2D eigenvalue weighted by Crippen LogP contribution is -2.05. The van der Waals surface area contributed by atoms with Crippen molar-refractivity contribution in [3.63, 3.8) is 0 Å². The average Bonchev–Trinajstić information content (AvgIpc) is 3.12. The second kappa shape index (κ2) is 6.08. The quantitative estimate of drug-likeness (QED) is 0.283. The largest absolute Gasteiger partial charge is 0.416 e. The van der Waals surface area contributed by atoms with Crippen molar-refractivity contribution in [1.82, 2.24) is 9.38 Å². The van der Waals surface area contributed by atoms with Crippen molar-refractivity contribution in [3.8, 4) is 11.3 Å².